The highest BCUT2D eigenvalue weighted by molar-refractivity contribution is 5.89. The van der Waals surface area contributed by atoms with Crippen molar-refractivity contribution < 1.29 is 9.32 Å². The molecule has 1 amide bonds. The molecule has 206 valence electrons. The lowest BCUT2D eigenvalue weighted by molar-refractivity contribution is 0.0895. The zero-order valence-electron chi connectivity index (χ0n) is 22.9. The molecule has 0 unspecified atom stereocenters. The van der Waals surface area contributed by atoms with E-state index in [0.717, 1.165) is 72.9 Å². The number of aryl methyl sites for hydroxylation is 1. The Balaban J connectivity index is 1.11. The number of hydrogen-bond donors (Lipinski definition) is 3. The van der Waals surface area contributed by atoms with E-state index in [9.17, 15) is 4.79 Å². The van der Waals surface area contributed by atoms with E-state index in [2.05, 4.69) is 65.0 Å². The predicted molar refractivity (Wildman–Crippen MR) is 152 cm³/mol. The van der Waals surface area contributed by atoms with Gasteiger partial charge < -0.3 is 25.4 Å². The molecular weight excluding hydrogens is 506 g/mol. The second kappa shape index (κ2) is 10.6. The maximum Gasteiger partial charge on any atom is 0.315 e. The molecule has 1 atom stereocenters. The second-order valence-corrected chi connectivity index (χ2v) is 10.8. The van der Waals surface area contributed by atoms with Crippen molar-refractivity contribution in [2.24, 2.45) is 0 Å². The number of rotatable bonds is 8. The van der Waals surface area contributed by atoms with Gasteiger partial charge in [-0.25, -0.2) is 15.0 Å². The van der Waals surface area contributed by atoms with Crippen LogP contribution in [-0.4, -0.2) is 57.2 Å². The van der Waals surface area contributed by atoms with E-state index in [1.54, 1.807) is 6.33 Å². The van der Waals surface area contributed by atoms with Crippen LogP contribution in [0.5, 0.6) is 0 Å². The first-order valence-electron chi connectivity index (χ1n) is 13.6. The summed E-state index contributed by atoms with van der Waals surface area (Å²) in [5.41, 5.74) is 4.82. The van der Waals surface area contributed by atoms with Gasteiger partial charge in [0.25, 0.3) is 0 Å². The smallest absolute Gasteiger partial charge is 0.315 e. The summed E-state index contributed by atoms with van der Waals surface area (Å²) in [6.45, 7) is 9.96. The van der Waals surface area contributed by atoms with Crippen molar-refractivity contribution in [3.63, 3.8) is 0 Å². The van der Waals surface area contributed by atoms with Gasteiger partial charge in [-0.3, -0.25) is 4.79 Å². The minimum absolute atomic E-state index is 0.00168. The summed E-state index contributed by atoms with van der Waals surface area (Å²) in [6, 6.07) is 11.8. The SMILES string of the molecule is Cc1cc(-c2cc(Nc3ccc(N4CCNCC4)cn3)ncn2)ccc1[C@@H](C)NC(=O)c1nc(C2(C)CC2)no1. The number of pyridine rings is 1. The molecule has 40 heavy (non-hydrogen) atoms. The number of nitrogens with zero attached hydrogens (tertiary/aromatic N) is 6. The molecule has 1 aliphatic carbocycles. The van der Waals surface area contributed by atoms with Crippen LogP contribution in [0.25, 0.3) is 11.3 Å². The Bertz CT molecular complexity index is 1510. The van der Waals surface area contributed by atoms with Gasteiger partial charge in [-0.05, 0) is 56.0 Å². The van der Waals surface area contributed by atoms with E-state index in [4.69, 9.17) is 4.52 Å². The topological polar surface area (TPSA) is 134 Å². The fourth-order valence-corrected chi connectivity index (χ4v) is 4.91. The molecule has 2 fully saturated rings. The highest BCUT2D eigenvalue weighted by Gasteiger charge is 2.44. The molecule has 0 radical (unpaired) electrons. The molecule has 11 nitrogen and oxygen atoms in total. The molecule has 3 N–H and O–H groups in total. The summed E-state index contributed by atoms with van der Waals surface area (Å²) in [4.78, 5) is 32.8. The fraction of sp³-hybridized carbons (Fsp3) is 0.379. The molecule has 2 aliphatic rings. The summed E-state index contributed by atoms with van der Waals surface area (Å²) in [7, 11) is 0. The molecule has 4 aromatic rings. The summed E-state index contributed by atoms with van der Waals surface area (Å²) in [5, 5.41) is 13.6. The Morgan fingerprint density at radius 1 is 1.07 bits per heavy atom. The van der Waals surface area contributed by atoms with E-state index >= 15 is 0 Å². The van der Waals surface area contributed by atoms with Gasteiger partial charge in [0, 0.05) is 43.2 Å². The van der Waals surface area contributed by atoms with Gasteiger partial charge in [-0.1, -0.05) is 24.2 Å². The van der Waals surface area contributed by atoms with E-state index in [0.29, 0.717) is 11.6 Å². The lowest BCUT2D eigenvalue weighted by atomic mass is 9.98. The monoisotopic (exact) mass is 539 g/mol. The highest BCUT2D eigenvalue weighted by atomic mass is 16.5. The molecule has 11 heteroatoms. The number of benzene rings is 1. The number of carbonyl (C=O) groups is 1. The normalized spacial score (nSPS) is 16.8. The largest absolute Gasteiger partial charge is 0.368 e. The van der Waals surface area contributed by atoms with Gasteiger partial charge in [0.2, 0.25) is 0 Å². The molecule has 0 bridgehead atoms. The zero-order chi connectivity index (χ0) is 27.7. The zero-order valence-corrected chi connectivity index (χ0v) is 22.9. The quantitative estimate of drug-likeness (QED) is 0.302. The van der Waals surface area contributed by atoms with Crippen molar-refractivity contribution in [2.75, 3.05) is 36.4 Å². The predicted octanol–water partition coefficient (Wildman–Crippen LogP) is 3.93. The van der Waals surface area contributed by atoms with Crippen LogP contribution < -0.4 is 20.9 Å². The Hall–Kier alpha value is -4.38. The van der Waals surface area contributed by atoms with Gasteiger partial charge in [0.05, 0.1) is 23.6 Å². The van der Waals surface area contributed by atoms with Gasteiger partial charge >= 0.3 is 11.8 Å². The van der Waals surface area contributed by atoms with Crippen LogP contribution in [0.3, 0.4) is 0 Å². The van der Waals surface area contributed by atoms with E-state index < -0.39 is 0 Å². The Morgan fingerprint density at radius 2 is 1.90 bits per heavy atom. The van der Waals surface area contributed by atoms with Crippen LogP contribution in [0, 0.1) is 6.92 Å². The molecule has 0 spiro atoms. The molecule has 1 aromatic carbocycles. The summed E-state index contributed by atoms with van der Waals surface area (Å²) >= 11 is 0. The Kier molecular flexibility index (Phi) is 6.89. The average molecular weight is 540 g/mol. The highest BCUT2D eigenvalue weighted by Crippen LogP contribution is 2.45. The van der Waals surface area contributed by atoms with E-state index in [1.165, 1.54) is 0 Å². The molecule has 3 aromatic heterocycles. The maximum atomic E-state index is 12.7. The van der Waals surface area contributed by atoms with Gasteiger partial charge in [0.15, 0.2) is 5.82 Å². The van der Waals surface area contributed by atoms with Crippen LogP contribution in [0.2, 0.25) is 0 Å². The minimum Gasteiger partial charge on any atom is -0.368 e. The van der Waals surface area contributed by atoms with Crippen LogP contribution >= 0.6 is 0 Å². The third kappa shape index (κ3) is 5.50. The summed E-state index contributed by atoms with van der Waals surface area (Å²) in [5.74, 6) is 1.61. The van der Waals surface area contributed by atoms with Gasteiger partial charge in [-0.15, -0.1) is 0 Å². The third-order valence-corrected chi connectivity index (χ3v) is 7.69. The first-order chi connectivity index (χ1) is 19.4. The fourth-order valence-electron chi connectivity index (χ4n) is 4.91. The van der Waals surface area contributed by atoms with Crippen molar-refractivity contribution in [3.8, 4) is 11.3 Å². The molecule has 1 aliphatic heterocycles. The Labute approximate surface area is 232 Å². The first-order valence-corrected chi connectivity index (χ1v) is 13.6. The lowest BCUT2D eigenvalue weighted by Crippen LogP contribution is -2.43. The van der Waals surface area contributed by atoms with Crippen molar-refractivity contribution in [2.45, 2.75) is 45.1 Å². The number of piperazine rings is 1. The van der Waals surface area contributed by atoms with Crippen LogP contribution in [0.1, 0.15) is 60.4 Å². The second-order valence-electron chi connectivity index (χ2n) is 10.8. The van der Waals surface area contributed by atoms with Gasteiger partial charge in [-0.2, -0.15) is 4.98 Å². The number of carbonyl (C=O) groups excluding carboxylic acids is 1. The van der Waals surface area contributed by atoms with E-state index in [-0.39, 0.29) is 23.3 Å². The number of nitrogens with one attached hydrogen (secondary N) is 3. The summed E-state index contributed by atoms with van der Waals surface area (Å²) < 4.78 is 5.22. The van der Waals surface area contributed by atoms with Crippen molar-refractivity contribution in [1.82, 2.24) is 35.7 Å². The van der Waals surface area contributed by atoms with Crippen molar-refractivity contribution in [3.05, 3.63) is 71.8 Å². The first kappa shape index (κ1) is 25.9. The number of hydrogen-bond acceptors (Lipinski definition) is 10. The van der Waals surface area contributed by atoms with Crippen molar-refractivity contribution in [1.29, 1.82) is 0 Å². The van der Waals surface area contributed by atoms with E-state index in [1.807, 2.05) is 44.3 Å². The molecule has 6 rings (SSSR count). The summed E-state index contributed by atoms with van der Waals surface area (Å²) in [6.07, 6.45) is 5.46. The van der Waals surface area contributed by atoms with Crippen LogP contribution in [0.4, 0.5) is 17.3 Å². The van der Waals surface area contributed by atoms with Crippen molar-refractivity contribution >= 4 is 23.2 Å². The molecule has 1 saturated heterocycles. The van der Waals surface area contributed by atoms with Gasteiger partial charge in [0.1, 0.15) is 18.0 Å². The number of amides is 1. The standard InChI is InChI=1S/C29H33N9O2/c1-18-14-20(4-6-22(18)19(2)34-26(39)27-36-28(37-40-27)29(3)8-9-29)23-15-25(33-17-32-23)35-24-7-5-21(16-31-24)38-12-10-30-11-13-38/h4-7,14-17,19,30H,8-13H2,1-3H3,(H,34,39)(H,31,32,33,35)/t19-/m1/s1. The third-order valence-electron chi connectivity index (χ3n) is 7.69. The minimum atomic E-state index is -0.375. The molecular formula is C29H33N9O2. The molecule has 1 saturated carbocycles. The number of aromatic nitrogens is 5. The van der Waals surface area contributed by atoms with Crippen LogP contribution in [-0.2, 0) is 5.41 Å². The lowest BCUT2D eigenvalue weighted by Gasteiger charge is -2.29. The molecule has 4 heterocycles. The Morgan fingerprint density at radius 3 is 2.62 bits per heavy atom. The maximum absolute atomic E-state index is 12.7. The van der Waals surface area contributed by atoms with Crippen LogP contribution in [0.15, 0.2) is 53.4 Å². The average Bonchev–Trinajstić information content (AvgIpc) is 3.51. The number of anilines is 3.